The van der Waals surface area contributed by atoms with E-state index in [-0.39, 0.29) is 36.8 Å². The first-order chi connectivity index (χ1) is 10.6. The van der Waals surface area contributed by atoms with E-state index in [4.69, 9.17) is 0 Å². The van der Waals surface area contributed by atoms with Gasteiger partial charge in [-0.2, -0.15) is 0 Å². The second-order valence-corrected chi connectivity index (χ2v) is 6.86. The summed E-state index contributed by atoms with van der Waals surface area (Å²) in [6.45, 7) is 8.07. The van der Waals surface area contributed by atoms with E-state index in [0.29, 0.717) is 5.92 Å². The zero-order valence-electron chi connectivity index (χ0n) is 14.0. The Labute approximate surface area is 159 Å². The Morgan fingerprint density at radius 1 is 1.42 bits per heavy atom. The first-order valence-electron chi connectivity index (χ1n) is 7.68. The highest BCUT2D eigenvalue weighted by molar-refractivity contribution is 7.12. The number of aromatic nitrogens is 2. The minimum atomic E-state index is 0. The highest BCUT2D eigenvalue weighted by Gasteiger charge is 2.25. The van der Waals surface area contributed by atoms with Gasteiger partial charge in [0.1, 0.15) is 0 Å². The van der Waals surface area contributed by atoms with E-state index < -0.39 is 0 Å². The van der Waals surface area contributed by atoms with Gasteiger partial charge in [-0.3, -0.25) is 9.36 Å². The summed E-state index contributed by atoms with van der Waals surface area (Å²) >= 11 is 1.58. The summed E-state index contributed by atoms with van der Waals surface area (Å²) in [6.07, 6.45) is 2.89. The number of hydrogen-bond donors (Lipinski definition) is 2. The largest absolute Gasteiger partial charge is 0.348 e. The minimum Gasteiger partial charge on any atom is -0.348 e. The molecule has 2 unspecified atom stereocenters. The van der Waals surface area contributed by atoms with Gasteiger partial charge in [0.05, 0.1) is 5.56 Å². The van der Waals surface area contributed by atoms with Gasteiger partial charge in [0.2, 0.25) is 0 Å². The van der Waals surface area contributed by atoms with Gasteiger partial charge in [-0.25, -0.2) is 4.98 Å². The van der Waals surface area contributed by atoms with Crippen LogP contribution in [0.5, 0.6) is 0 Å². The number of amides is 1. The number of thiazole rings is 1. The van der Waals surface area contributed by atoms with Crippen molar-refractivity contribution >= 4 is 42.1 Å². The SMILES string of the molecule is Cc1cc(C(=O)NC2CNCCC2C)c(C)n1-c1nccs1.Cl.Cl. The van der Waals surface area contributed by atoms with Crippen LogP contribution in [-0.4, -0.2) is 34.6 Å². The van der Waals surface area contributed by atoms with Crippen LogP contribution in [0.2, 0.25) is 0 Å². The lowest BCUT2D eigenvalue weighted by molar-refractivity contribution is 0.0914. The Bertz CT molecular complexity index is 672. The number of halogens is 2. The minimum absolute atomic E-state index is 0. The molecule has 2 aromatic rings. The van der Waals surface area contributed by atoms with E-state index in [9.17, 15) is 4.79 Å². The Morgan fingerprint density at radius 2 is 2.17 bits per heavy atom. The van der Waals surface area contributed by atoms with Crippen molar-refractivity contribution in [1.82, 2.24) is 20.2 Å². The third-order valence-corrected chi connectivity index (χ3v) is 5.19. The van der Waals surface area contributed by atoms with Crippen molar-refractivity contribution in [3.05, 3.63) is 34.6 Å². The smallest absolute Gasteiger partial charge is 0.253 e. The lowest BCUT2D eigenvalue weighted by Gasteiger charge is -2.30. The van der Waals surface area contributed by atoms with Gasteiger partial charge in [0, 0.05) is 35.6 Å². The van der Waals surface area contributed by atoms with Crippen LogP contribution in [-0.2, 0) is 0 Å². The summed E-state index contributed by atoms with van der Waals surface area (Å²) in [4.78, 5) is 17.0. The topological polar surface area (TPSA) is 59.0 Å². The molecule has 0 radical (unpaired) electrons. The van der Waals surface area contributed by atoms with Crippen LogP contribution in [0.15, 0.2) is 17.6 Å². The average molecular weight is 391 g/mol. The second kappa shape index (κ2) is 8.85. The summed E-state index contributed by atoms with van der Waals surface area (Å²) in [5.74, 6) is 0.518. The van der Waals surface area contributed by atoms with Gasteiger partial charge in [-0.05, 0) is 38.8 Å². The van der Waals surface area contributed by atoms with Crippen molar-refractivity contribution in [2.45, 2.75) is 33.2 Å². The Kier molecular flexibility index (Phi) is 7.73. The van der Waals surface area contributed by atoms with Gasteiger partial charge in [0.25, 0.3) is 5.91 Å². The molecular weight excluding hydrogens is 367 g/mol. The number of piperidine rings is 1. The number of rotatable bonds is 3. The maximum absolute atomic E-state index is 12.6. The molecule has 8 heteroatoms. The predicted molar refractivity (Wildman–Crippen MR) is 103 cm³/mol. The maximum atomic E-state index is 12.6. The van der Waals surface area contributed by atoms with Crippen molar-refractivity contribution in [3.63, 3.8) is 0 Å². The lowest BCUT2D eigenvalue weighted by Crippen LogP contribution is -2.50. The van der Waals surface area contributed by atoms with Crippen LogP contribution >= 0.6 is 36.2 Å². The molecule has 1 saturated heterocycles. The summed E-state index contributed by atoms with van der Waals surface area (Å²) in [5, 5.41) is 9.38. The second-order valence-electron chi connectivity index (χ2n) is 5.98. The normalized spacial score (nSPS) is 20.0. The molecule has 0 spiro atoms. The summed E-state index contributed by atoms with van der Waals surface area (Å²) in [5.41, 5.74) is 2.72. The van der Waals surface area contributed by atoms with E-state index in [1.165, 1.54) is 0 Å². The molecule has 134 valence electrons. The number of nitrogens with one attached hydrogen (secondary N) is 2. The Hall–Kier alpha value is -1.08. The number of carbonyl (C=O) groups excluding carboxylic acids is 1. The Balaban J connectivity index is 0.00000144. The standard InChI is InChI=1S/C16H22N4OS.2ClH/c1-10-4-5-17-9-14(10)19-15(21)13-8-11(2)20(12(13)3)16-18-6-7-22-16;;/h6-8,10,14,17H,4-5,9H2,1-3H3,(H,19,21);2*1H. The molecule has 1 fully saturated rings. The van der Waals surface area contributed by atoms with Gasteiger partial charge in [-0.15, -0.1) is 36.2 Å². The maximum Gasteiger partial charge on any atom is 0.253 e. The molecule has 24 heavy (non-hydrogen) atoms. The molecule has 0 bridgehead atoms. The van der Waals surface area contributed by atoms with Crippen molar-refractivity contribution < 1.29 is 4.79 Å². The number of hydrogen-bond acceptors (Lipinski definition) is 4. The van der Waals surface area contributed by atoms with Crippen LogP contribution in [0, 0.1) is 19.8 Å². The van der Waals surface area contributed by atoms with E-state index in [2.05, 4.69) is 22.5 Å². The monoisotopic (exact) mass is 390 g/mol. The molecule has 0 aromatic carbocycles. The molecule has 3 rings (SSSR count). The molecule has 0 saturated carbocycles. The van der Waals surface area contributed by atoms with Gasteiger partial charge < -0.3 is 10.6 Å². The number of carbonyl (C=O) groups is 1. The highest BCUT2D eigenvalue weighted by atomic mass is 35.5. The van der Waals surface area contributed by atoms with Crippen LogP contribution in [0.4, 0.5) is 0 Å². The van der Waals surface area contributed by atoms with Crippen molar-refractivity contribution in [3.8, 4) is 5.13 Å². The first kappa shape index (κ1) is 21.0. The number of nitrogens with zero attached hydrogens (tertiary/aromatic N) is 2. The zero-order valence-corrected chi connectivity index (χ0v) is 16.5. The predicted octanol–water partition coefficient (Wildman–Crippen LogP) is 3.12. The fraction of sp³-hybridized carbons (Fsp3) is 0.500. The van der Waals surface area contributed by atoms with Gasteiger partial charge >= 0.3 is 0 Å². The van der Waals surface area contributed by atoms with Gasteiger partial charge in [-0.1, -0.05) is 6.92 Å². The fourth-order valence-electron chi connectivity index (χ4n) is 3.04. The Morgan fingerprint density at radius 3 is 2.79 bits per heavy atom. The molecule has 5 nitrogen and oxygen atoms in total. The van der Waals surface area contributed by atoms with Crippen molar-refractivity contribution in [2.75, 3.05) is 13.1 Å². The summed E-state index contributed by atoms with van der Waals surface area (Å²) in [7, 11) is 0. The average Bonchev–Trinajstić information content (AvgIpc) is 3.09. The molecule has 1 aliphatic rings. The molecule has 1 aliphatic heterocycles. The third-order valence-electron chi connectivity index (χ3n) is 4.43. The van der Waals surface area contributed by atoms with E-state index in [1.54, 1.807) is 17.5 Å². The highest BCUT2D eigenvalue weighted by Crippen LogP contribution is 2.22. The van der Waals surface area contributed by atoms with Crippen molar-refractivity contribution in [1.29, 1.82) is 0 Å². The lowest BCUT2D eigenvalue weighted by atomic mass is 9.94. The molecule has 3 heterocycles. The van der Waals surface area contributed by atoms with Crippen LogP contribution in [0.1, 0.15) is 35.1 Å². The third kappa shape index (κ3) is 4.11. The van der Waals surface area contributed by atoms with E-state index in [0.717, 1.165) is 41.6 Å². The first-order valence-corrected chi connectivity index (χ1v) is 8.56. The molecular formula is C16H24Cl2N4OS. The van der Waals surface area contributed by atoms with Crippen LogP contribution in [0.3, 0.4) is 0 Å². The van der Waals surface area contributed by atoms with E-state index in [1.807, 2.05) is 29.9 Å². The molecule has 1 amide bonds. The molecule has 2 atom stereocenters. The van der Waals surface area contributed by atoms with Crippen LogP contribution < -0.4 is 10.6 Å². The zero-order chi connectivity index (χ0) is 15.7. The van der Waals surface area contributed by atoms with Gasteiger partial charge in [0.15, 0.2) is 5.13 Å². The van der Waals surface area contributed by atoms with Crippen molar-refractivity contribution in [2.24, 2.45) is 5.92 Å². The molecule has 2 aromatic heterocycles. The van der Waals surface area contributed by atoms with E-state index >= 15 is 0 Å². The number of aryl methyl sites for hydroxylation is 1. The summed E-state index contributed by atoms with van der Waals surface area (Å²) < 4.78 is 2.04. The molecule has 2 N–H and O–H groups in total. The fourth-order valence-corrected chi connectivity index (χ4v) is 3.79. The van der Waals surface area contributed by atoms with Crippen LogP contribution in [0.25, 0.3) is 5.13 Å². The molecule has 0 aliphatic carbocycles. The summed E-state index contributed by atoms with van der Waals surface area (Å²) in [6, 6.07) is 2.15. The quantitative estimate of drug-likeness (QED) is 0.845.